The van der Waals surface area contributed by atoms with Gasteiger partial charge in [-0.2, -0.15) is 0 Å². The van der Waals surface area contributed by atoms with Gasteiger partial charge in [0.1, 0.15) is 0 Å². The first-order valence-electron chi connectivity index (χ1n) is 3.12. The second-order valence-electron chi connectivity index (χ2n) is 2.36. The molecule has 0 heterocycles. The van der Waals surface area contributed by atoms with E-state index in [9.17, 15) is 3.74 Å². The maximum atomic E-state index is 10.8. The Bertz CT molecular complexity index is 347. The third kappa shape index (κ3) is 1.82. The summed E-state index contributed by atoms with van der Waals surface area (Å²) in [6, 6.07) is 3.87. The Kier molecular flexibility index (Phi) is 2.19. The van der Waals surface area contributed by atoms with Gasteiger partial charge in [-0.25, -0.2) is 0 Å². The molecule has 1 aromatic carbocycles. The van der Waals surface area contributed by atoms with Crippen molar-refractivity contribution in [2.45, 2.75) is 0 Å². The Hall–Kier alpha value is -0.902. The van der Waals surface area contributed by atoms with Crippen LogP contribution in [0.25, 0.3) is 0 Å². The molecular formula is C6H9AsN2O3. The predicted molar refractivity (Wildman–Crippen MR) is 45.8 cm³/mol. The molecule has 1 aromatic rings. The van der Waals surface area contributed by atoms with E-state index >= 15 is 0 Å². The predicted octanol–water partition coefficient (Wildman–Crippen LogP) is -1.59. The average Bonchev–Trinajstić information content (AvgIpc) is 1.92. The molecule has 0 aliphatic carbocycles. The zero-order valence-corrected chi connectivity index (χ0v) is 8.01. The topological polar surface area (TPSA) is 110 Å². The van der Waals surface area contributed by atoms with E-state index in [0.29, 0.717) is 5.69 Å². The molecule has 1 rings (SSSR count). The average molecular weight is 232 g/mol. The molecule has 0 amide bonds. The van der Waals surface area contributed by atoms with Crippen molar-refractivity contribution >= 4 is 29.9 Å². The van der Waals surface area contributed by atoms with Crippen LogP contribution in [0.3, 0.4) is 0 Å². The minimum atomic E-state index is -4.80. The van der Waals surface area contributed by atoms with Crippen LogP contribution in [-0.2, 0) is 3.74 Å². The molecule has 6 N–H and O–H groups in total. The van der Waals surface area contributed by atoms with Gasteiger partial charge in [0, 0.05) is 0 Å². The van der Waals surface area contributed by atoms with Crippen molar-refractivity contribution in [2.24, 2.45) is 0 Å². The Morgan fingerprint density at radius 1 is 1.17 bits per heavy atom. The summed E-state index contributed by atoms with van der Waals surface area (Å²) in [5.74, 6) is 0. The van der Waals surface area contributed by atoms with Crippen LogP contribution in [0.15, 0.2) is 18.2 Å². The van der Waals surface area contributed by atoms with Crippen LogP contribution >= 0.6 is 0 Å². The summed E-state index contributed by atoms with van der Waals surface area (Å²) in [4.78, 5) is 0. The van der Waals surface area contributed by atoms with Crippen LogP contribution in [0, 0.1) is 0 Å². The zero-order valence-electron chi connectivity index (χ0n) is 6.14. The van der Waals surface area contributed by atoms with E-state index in [-0.39, 0.29) is 10.0 Å². The second-order valence-corrected chi connectivity index (χ2v) is 5.72. The first kappa shape index (κ1) is 9.19. The number of nitrogens with two attached hydrogens (primary N) is 2. The molecule has 0 aliphatic heterocycles. The molecule has 0 saturated carbocycles. The van der Waals surface area contributed by atoms with Crippen LogP contribution < -0.4 is 15.8 Å². The van der Waals surface area contributed by atoms with E-state index in [1.54, 1.807) is 0 Å². The number of anilines is 2. The number of hydrogen-bond donors (Lipinski definition) is 4. The van der Waals surface area contributed by atoms with E-state index in [0.717, 1.165) is 0 Å². The van der Waals surface area contributed by atoms with E-state index in [2.05, 4.69) is 0 Å². The Balaban J connectivity index is 3.23. The fraction of sp³-hybridized carbons (Fsp3) is 0. The molecule has 0 aromatic heterocycles. The molecule has 0 atom stereocenters. The van der Waals surface area contributed by atoms with Gasteiger partial charge in [0.15, 0.2) is 0 Å². The van der Waals surface area contributed by atoms with Gasteiger partial charge in [-0.15, -0.1) is 0 Å². The summed E-state index contributed by atoms with van der Waals surface area (Å²) in [7, 11) is 0. The van der Waals surface area contributed by atoms with Crippen molar-refractivity contribution in [2.75, 3.05) is 11.5 Å². The quantitative estimate of drug-likeness (QED) is 0.345. The molecule has 0 radical (unpaired) electrons. The summed E-state index contributed by atoms with van der Waals surface area (Å²) in [6.45, 7) is 0. The van der Waals surface area contributed by atoms with Crippen molar-refractivity contribution < 1.29 is 11.9 Å². The second kappa shape index (κ2) is 2.86. The summed E-state index contributed by atoms with van der Waals surface area (Å²) in [5, 5.41) is 0. The maximum absolute atomic E-state index is 10.8. The van der Waals surface area contributed by atoms with Gasteiger partial charge in [-0.1, -0.05) is 0 Å². The van der Waals surface area contributed by atoms with E-state index in [1.165, 1.54) is 18.2 Å². The summed E-state index contributed by atoms with van der Waals surface area (Å²) < 4.78 is 28.3. The van der Waals surface area contributed by atoms with Crippen LogP contribution in [0.1, 0.15) is 0 Å². The van der Waals surface area contributed by atoms with E-state index < -0.39 is 14.2 Å². The van der Waals surface area contributed by atoms with Gasteiger partial charge >= 0.3 is 71.5 Å². The van der Waals surface area contributed by atoms with Gasteiger partial charge < -0.3 is 0 Å². The molecule has 12 heavy (non-hydrogen) atoms. The Morgan fingerprint density at radius 3 is 2.17 bits per heavy atom. The number of rotatable bonds is 1. The molecule has 6 heteroatoms. The number of benzene rings is 1. The van der Waals surface area contributed by atoms with Crippen LogP contribution in [0.2, 0.25) is 0 Å². The van der Waals surface area contributed by atoms with Gasteiger partial charge in [-0.05, 0) is 0 Å². The fourth-order valence-corrected chi connectivity index (χ4v) is 1.95. The summed E-state index contributed by atoms with van der Waals surface area (Å²) in [6.07, 6.45) is 0. The van der Waals surface area contributed by atoms with Gasteiger partial charge in [-0.3, -0.25) is 0 Å². The first-order valence-corrected chi connectivity index (χ1v) is 6.50. The zero-order chi connectivity index (χ0) is 9.35. The molecule has 0 aliphatic rings. The first-order chi connectivity index (χ1) is 5.41. The third-order valence-electron chi connectivity index (χ3n) is 1.41. The summed E-state index contributed by atoms with van der Waals surface area (Å²) >= 11 is -4.80. The van der Waals surface area contributed by atoms with Crippen molar-refractivity contribution in [3.63, 3.8) is 0 Å². The monoisotopic (exact) mass is 232 g/mol. The van der Waals surface area contributed by atoms with Crippen molar-refractivity contribution in [1.29, 1.82) is 0 Å². The van der Waals surface area contributed by atoms with Crippen molar-refractivity contribution in [3.8, 4) is 0 Å². The van der Waals surface area contributed by atoms with Crippen molar-refractivity contribution in [3.05, 3.63) is 18.2 Å². The molecule has 0 saturated heterocycles. The van der Waals surface area contributed by atoms with Crippen LogP contribution in [0.5, 0.6) is 0 Å². The normalized spacial score (nSPS) is 11.5. The molecule has 0 unspecified atom stereocenters. The molecule has 0 fully saturated rings. The van der Waals surface area contributed by atoms with E-state index in [1.807, 2.05) is 0 Å². The van der Waals surface area contributed by atoms with Crippen LogP contribution in [-0.4, -0.2) is 22.4 Å². The SMILES string of the molecule is Nc1ccc([As](=O)(O)O)cc1N. The standard InChI is InChI=1S/C6H9AsN2O3/c8-5-2-1-4(3-6(5)9)7(10,11)12/h1-3H,8-9H2,(H2,10,11,12). The van der Waals surface area contributed by atoms with Gasteiger partial charge in [0.05, 0.1) is 0 Å². The molecule has 5 nitrogen and oxygen atoms in total. The minimum absolute atomic E-state index is 0.0557. The number of nitrogen functional groups attached to an aromatic ring is 2. The summed E-state index contributed by atoms with van der Waals surface area (Å²) in [5.41, 5.74) is 11.2. The molecule has 0 spiro atoms. The molecule has 0 bridgehead atoms. The fourth-order valence-electron chi connectivity index (χ4n) is 0.743. The Morgan fingerprint density at radius 2 is 1.75 bits per heavy atom. The third-order valence-corrected chi connectivity index (χ3v) is 3.40. The number of hydrogen-bond acceptors (Lipinski definition) is 3. The van der Waals surface area contributed by atoms with Gasteiger partial charge in [0.2, 0.25) is 0 Å². The van der Waals surface area contributed by atoms with Crippen LogP contribution in [0.4, 0.5) is 11.4 Å². The van der Waals surface area contributed by atoms with Gasteiger partial charge in [0.25, 0.3) is 0 Å². The van der Waals surface area contributed by atoms with E-state index in [4.69, 9.17) is 19.7 Å². The molecule has 66 valence electrons. The molecular weight excluding hydrogens is 223 g/mol. The van der Waals surface area contributed by atoms with Crippen molar-refractivity contribution in [1.82, 2.24) is 0 Å². The Labute approximate surface area is 72.0 Å².